The highest BCUT2D eigenvalue weighted by atomic mass is 35.5. The number of hydrogen-bond donors (Lipinski definition) is 1. The topological polar surface area (TPSA) is 35.6 Å². The van der Waals surface area contributed by atoms with Gasteiger partial charge in [0.2, 0.25) is 0 Å². The summed E-state index contributed by atoms with van der Waals surface area (Å²) in [4.78, 5) is 17.0. The van der Waals surface area contributed by atoms with Crippen LogP contribution in [0.15, 0.2) is 24.3 Å². The van der Waals surface area contributed by atoms with Crippen molar-refractivity contribution in [2.24, 2.45) is 5.92 Å². The molecule has 1 aromatic carbocycles. The lowest BCUT2D eigenvalue weighted by atomic mass is 9.96. The number of amides is 1. The van der Waals surface area contributed by atoms with Crippen LogP contribution in [0.2, 0.25) is 0 Å². The Labute approximate surface area is 165 Å². The molecule has 1 saturated heterocycles. The van der Waals surface area contributed by atoms with Crippen LogP contribution < -0.4 is 10.2 Å². The van der Waals surface area contributed by atoms with Crippen molar-refractivity contribution >= 4 is 36.4 Å². The average Bonchev–Trinajstić information content (AvgIpc) is 2.60. The van der Waals surface area contributed by atoms with Crippen LogP contribution in [0.1, 0.15) is 43.5 Å². The van der Waals surface area contributed by atoms with Gasteiger partial charge in [-0.05, 0) is 70.0 Å². The predicted molar refractivity (Wildman–Crippen MR) is 112 cm³/mol. The molecular weight excluding hydrogens is 357 g/mol. The van der Waals surface area contributed by atoms with Crippen LogP contribution in [0.4, 0.5) is 5.69 Å². The zero-order valence-corrected chi connectivity index (χ0v) is 17.3. The monoisotopic (exact) mass is 389 g/mol. The number of likely N-dealkylation sites (tertiary alicyclic amines) is 1. The first-order valence-electron chi connectivity index (χ1n) is 8.98. The van der Waals surface area contributed by atoms with Gasteiger partial charge in [0.15, 0.2) is 0 Å². The number of anilines is 1. The van der Waals surface area contributed by atoms with E-state index < -0.39 is 0 Å². The molecule has 0 bridgehead atoms. The van der Waals surface area contributed by atoms with E-state index in [2.05, 4.69) is 36.2 Å². The molecule has 1 heterocycles. The fraction of sp³-hybridized carbons (Fsp3) is 0.632. The summed E-state index contributed by atoms with van der Waals surface area (Å²) >= 11 is 0. The van der Waals surface area contributed by atoms with Crippen molar-refractivity contribution in [3.8, 4) is 0 Å². The molecule has 25 heavy (non-hydrogen) atoms. The van der Waals surface area contributed by atoms with Crippen molar-refractivity contribution < 1.29 is 4.79 Å². The second kappa shape index (κ2) is 12.4. The smallest absolute Gasteiger partial charge is 0.253 e. The summed E-state index contributed by atoms with van der Waals surface area (Å²) in [6, 6.07) is 8.13. The van der Waals surface area contributed by atoms with Crippen LogP contribution in [-0.4, -0.2) is 50.6 Å². The quantitative estimate of drug-likeness (QED) is 0.769. The Kier molecular flexibility index (Phi) is 11.9. The van der Waals surface area contributed by atoms with E-state index in [0.717, 1.165) is 57.5 Å². The van der Waals surface area contributed by atoms with Gasteiger partial charge in [-0.2, -0.15) is 0 Å². The fourth-order valence-corrected chi connectivity index (χ4v) is 3.37. The SMILES string of the molecule is CCCN(CC)c1ccc(C(=O)N2CCC(CNC)CC2)cc1.Cl.Cl. The van der Waals surface area contributed by atoms with E-state index in [1.165, 1.54) is 5.69 Å². The summed E-state index contributed by atoms with van der Waals surface area (Å²) in [6.45, 7) is 9.24. The maximum atomic E-state index is 12.6. The van der Waals surface area contributed by atoms with Gasteiger partial charge in [0.25, 0.3) is 5.91 Å². The molecule has 1 aliphatic heterocycles. The highest BCUT2D eigenvalue weighted by Crippen LogP contribution is 2.20. The number of carbonyl (C=O) groups excluding carboxylic acids is 1. The molecule has 1 amide bonds. The van der Waals surface area contributed by atoms with Crippen LogP contribution in [0, 0.1) is 5.92 Å². The summed E-state index contributed by atoms with van der Waals surface area (Å²) in [5, 5.41) is 3.24. The normalized spacial score (nSPS) is 14.4. The standard InChI is InChI=1S/C19H31N3O.2ClH/c1-4-12-21(5-2)18-8-6-17(7-9-18)19(23)22-13-10-16(11-14-22)15-20-3;;/h6-9,16,20H,4-5,10-15H2,1-3H3;2*1H. The number of carbonyl (C=O) groups is 1. The maximum Gasteiger partial charge on any atom is 0.253 e. The first-order chi connectivity index (χ1) is 11.2. The molecule has 0 atom stereocenters. The van der Waals surface area contributed by atoms with Crippen molar-refractivity contribution in [2.75, 3.05) is 44.7 Å². The second-order valence-corrected chi connectivity index (χ2v) is 6.42. The molecule has 1 aliphatic rings. The third-order valence-corrected chi connectivity index (χ3v) is 4.75. The molecule has 144 valence electrons. The van der Waals surface area contributed by atoms with Crippen molar-refractivity contribution in [3.63, 3.8) is 0 Å². The lowest BCUT2D eigenvalue weighted by Gasteiger charge is -2.32. The molecule has 1 aromatic rings. The Hall–Kier alpha value is -0.970. The molecule has 0 spiro atoms. The number of hydrogen-bond acceptors (Lipinski definition) is 3. The molecule has 2 rings (SSSR count). The van der Waals surface area contributed by atoms with Crippen LogP contribution in [0.25, 0.3) is 0 Å². The van der Waals surface area contributed by atoms with E-state index in [0.29, 0.717) is 5.92 Å². The van der Waals surface area contributed by atoms with E-state index in [4.69, 9.17) is 0 Å². The van der Waals surface area contributed by atoms with E-state index in [9.17, 15) is 4.79 Å². The van der Waals surface area contributed by atoms with Gasteiger partial charge >= 0.3 is 0 Å². The Bertz CT molecular complexity index is 488. The van der Waals surface area contributed by atoms with E-state index in [1.807, 2.05) is 24.1 Å². The number of benzene rings is 1. The van der Waals surface area contributed by atoms with Gasteiger partial charge in [0, 0.05) is 37.4 Å². The highest BCUT2D eigenvalue weighted by Gasteiger charge is 2.23. The summed E-state index contributed by atoms with van der Waals surface area (Å²) < 4.78 is 0. The lowest BCUT2D eigenvalue weighted by Crippen LogP contribution is -2.40. The zero-order valence-electron chi connectivity index (χ0n) is 15.7. The molecule has 0 aromatic heterocycles. The third kappa shape index (κ3) is 6.69. The minimum absolute atomic E-state index is 0. The average molecular weight is 390 g/mol. The molecule has 0 saturated carbocycles. The first kappa shape index (κ1) is 24.0. The van der Waals surface area contributed by atoms with Gasteiger partial charge in [-0.1, -0.05) is 6.92 Å². The third-order valence-electron chi connectivity index (χ3n) is 4.75. The van der Waals surface area contributed by atoms with Gasteiger partial charge in [-0.3, -0.25) is 4.79 Å². The van der Waals surface area contributed by atoms with Crippen LogP contribution in [0.3, 0.4) is 0 Å². The summed E-state index contributed by atoms with van der Waals surface area (Å²) in [7, 11) is 2.00. The Morgan fingerprint density at radius 1 is 1.16 bits per heavy atom. The maximum absolute atomic E-state index is 12.6. The molecule has 6 heteroatoms. The van der Waals surface area contributed by atoms with Gasteiger partial charge < -0.3 is 15.1 Å². The summed E-state index contributed by atoms with van der Waals surface area (Å²) in [5.41, 5.74) is 2.02. The zero-order chi connectivity index (χ0) is 16.7. The van der Waals surface area contributed by atoms with E-state index in [-0.39, 0.29) is 30.7 Å². The van der Waals surface area contributed by atoms with E-state index >= 15 is 0 Å². The van der Waals surface area contributed by atoms with Gasteiger partial charge in [-0.15, -0.1) is 24.8 Å². The number of nitrogens with one attached hydrogen (secondary N) is 1. The molecule has 0 radical (unpaired) electrons. The van der Waals surface area contributed by atoms with Crippen molar-refractivity contribution in [1.82, 2.24) is 10.2 Å². The predicted octanol–water partition coefficient (Wildman–Crippen LogP) is 3.84. The van der Waals surface area contributed by atoms with Crippen LogP contribution in [-0.2, 0) is 0 Å². The van der Waals surface area contributed by atoms with Crippen molar-refractivity contribution in [1.29, 1.82) is 0 Å². The number of halogens is 2. The number of nitrogens with zero attached hydrogens (tertiary/aromatic N) is 2. The number of rotatable bonds is 7. The van der Waals surface area contributed by atoms with Gasteiger partial charge in [0.1, 0.15) is 0 Å². The molecule has 0 unspecified atom stereocenters. The highest BCUT2D eigenvalue weighted by molar-refractivity contribution is 5.94. The fourth-order valence-electron chi connectivity index (χ4n) is 3.37. The Morgan fingerprint density at radius 2 is 1.76 bits per heavy atom. The van der Waals surface area contributed by atoms with Gasteiger partial charge in [0.05, 0.1) is 0 Å². The van der Waals surface area contributed by atoms with Crippen LogP contribution >= 0.6 is 24.8 Å². The Morgan fingerprint density at radius 3 is 2.24 bits per heavy atom. The van der Waals surface area contributed by atoms with Crippen LogP contribution in [0.5, 0.6) is 0 Å². The molecular formula is C19H33Cl2N3O. The first-order valence-corrected chi connectivity index (χ1v) is 8.98. The molecule has 4 nitrogen and oxygen atoms in total. The lowest BCUT2D eigenvalue weighted by molar-refractivity contribution is 0.0691. The summed E-state index contributed by atoms with van der Waals surface area (Å²) in [5.74, 6) is 0.886. The second-order valence-electron chi connectivity index (χ2n) is 6.42. The number of piperidine rings is 1. The molecule has 1 N–H and O–H groups in total. The molecule has 0 aliphatic carbocycles. The van der Waals surface area contributed by atoms with Crippen molar-refractivity contribution in [2.45, 2.75) is 33.1 Å². The molecule has 1 fully saturated rings. The minimum atomic E-state index is 0. The largest absolute Gasteiger partial charge is 0.372 e. The minimum Gasteiger partial charge on any atom is -0.372 e. The summed E-state index contributed by atoms with van der Waals surface area (Å²) in [6.07, 6.45) is 3.34. The van der Waals surface area contributed by atoms with Crippen molar-refractivity contribution in [3.05, 3.63) is 29.8 Å². The van der Waals surface area contributed by atoms with Gasteiger partial charge in [-0.25, -0.2) is 0 Å². The van der Waals surface area contributed by atoms with E-state index in [1.54, 1.807) is 0 Å². The Balaban J connectivity index is 0.00000288.